The van der Waals surface area contributed by atoms with Crippen LogP contribution in [0.2, 0.25) is 0 Å². The molecule has 0 aliphatic heterocycles. The Morgan fingerprint density at radius 1 is 1.00 bits per heavy atom. The zero-order chi connectivity index (χ0) is 12.5. The number of carbonyl (C=O) groups is 1. The van der Waals surface area contributed by atoms with Crippen molar-refractivity contribution in [3.63, 3.8) is 0 Å². The fourth-order valence-electron chi connectivity index (χ4n) is 2.01. The van der Waals surface area contributed by atoms with Gasteiger partial charge in [0.25, 0.3) is 0 Å². The molecule has 88 valence electrons. The van der Waals surface area contributed by atoms with E-state index in [1.807, 2.05) is 11.4 Å². The number of thiophene rings is 1. The molecule has 18 heavy (non-hydrogen) atoms. The Morgan fingerprint density at radius 3 is 2.50 bits per heavy atom. The van der Waals surface area contributed by atoms with Crippen LogP contribution in [-0.2, 0) is 0 Å². The molecular formula is C15H9FOS. The van der Waals surface area contributed by atoms with Gasteiger partial charge in [-0.3, -0.25) is 4.79 Å². The van der Waals surface area contributed by atoms with E-state index in [4.69, 9.17) is 0 Å². The summed E-state index contributed by atoms with van der Waals surface area (Å²) in [6, 6.07) is 11.7. The molecule has 0 bridgehead atoms. The standard InChI is InChI=1S/C15H9FOS/c16-14-6-5-13(11-3-1-2-4-12(11)14)15(17)10-7-8-18-9-10/h1-9H. The molecule has 0 saturated carbocycles. The van der Waals surface area contributed by atoms with Gasteiger partial charge in [-0.25, -0.2) is 4.39 Å². The third-order valence-corrected chi connectivity index (χ3v) is 3.58. The maximum Gasteiger partial charge on any atom is 0.194 e. The van der Waals surface area contributed by atoms with Crippen molar-refractivity contribution in [2.24, 2.45) is 0 Å². The van der Waals surface area contributed by atoms with Gasteiger partial charge in [0, 0.05) is 21.9 Å². The first-order valence-electron chi connectivity index (χ1n) is 5.51. The summed E-state index contributed by atoms with van der Waals surface area (Å²) in [6.45, 7) is 0. The molecule has 0 aliphatic carbocycles. The number of ketones is 1. The Morgan fingerprint density at radius 2 is 1.78 bits per heavy atom. The van der Waals surface area contributed by atoms with Gasteiger partial charge in [0.05, 0.1) is 0 Å². The predicted molar refractivity (Wildman–Crippen MR) is 71.7 cm³/mol. The fraction of sp³-hybridized carbons (Fsp3) is 0. The summed E-state index contributed by atoms with van der Waals surface area (Å²) in [6.07, 6.45) is 0. The van der Waals surface area contributed by atoms with Crippen LogP contribution in [0.4, 0.5) is 4.39 Å². The average Bonchev–Trinajstić information content (AvgIpc) is 2.93. The number of fused-ring (bicyclic) bond motifs is 1. The third kappa shape index (κ3) is 1.73. The van der Waals surface area contributed by atoms with Gasteiger partial charge in [0.15, 0.2) is 5.78 Å². The Hall–Kier alpha value is -2.00. The minimum Gasteiger partial charge on any atom is -0.289 e. The second-order valence-corrected chi connectivity index (χ2v) is 4.76. The number of hydrogen-bond acceptors (Lipinski definition) is 2. The molecule has 2 aromatic carbocycles. The molecule has 0 amide bonds. The molecule has 0 radical (unpaired) electrons. The van der Waals surface area contributed by atoms with Crippen LogP contribution in [0.15, 0.2) is 53.2 Å². The van der Waals surface area contributed by atoms with Crippen LogP contribution in [0.1, 0.15) is 15.9 Å². The number of carbonyl (C=O) groups excluding carboxylic acids is 1. The number of benzene rings is 2. The highest BCUT2D eigenvalue weighted by molar-refractivity contribution is 7.08. The van der Waals surface area contributed by atoms with E-state index in [2.05, 4.69) is 0 Å². The van der Waals surface area contributed by atoms with Crippen molar-refractivity contribution < 1.29 is 9.18 Å². The van der Waals surface area contributed by atoms with Crippen molar-refractivity contribution in [2.75, 3.05) is 0 Å². The Labute approximate surface area is 108 Å². The van der Waals surface area contributed by atoms with Gasteiger partial charge in [-0.1, -0.05) is 24.3 Å². The molecule has 3 aromatic rings. The molecule has 0 saturated heterocycles. The van der Waals surface area contributed by atoms with Gasteiger partial charge >= 0.3 is 0 Å². The van der Waals surface area contributed by atoms with Crippen LogP contribution >= 0.6 is 11.3 Å². The monoisotopic (exact) mass is 256 g/mol. The molecular weight excluding hydrogens is 247 g/mol. The van der Waals surface area contributed by atoms with Crippen molar-refractivity contribution in [1.29, 1.82) is 0 Å². The fourth-order valence-corrected chi connectivity index (χ4v) is 2.65. The summed E-state index contributed by atoms with van der Waals surface area (Å²) in [7, 11) is 0. The zero-order valence-electron chi connectivity index (χ0n) is 9.39. The van der Waals surface area contributed by atoms with E-state index in [0.717, 1.165) is 0 Å². The lowest BCUT2D eigenvalue weighted by atomic mass is 9.98. The van der Waals surface area contributed by atoms with Gasteiger partial charge in [0.2, 0.25) is 0 Å². The molecule has 3 rings (SSSR count). The van der Waals surface area contributed by atoms with Gasteiger partial charge in [-0.05, 0) is 29.0 Å². The van der Waals surface area contributed by atoms with E-state index in [9.17, 15) is 9.18 Å². The maximum absolute atomic E-state index is 13.7. The molecule has 0 spiro atoms. The van der Waals surface area contributed by atoms with Crippen LogP contribution < -0.4 is 0 Å². The minimum absolute atomic E-state index is 0.0625. The molecule has 3 heteroatoms. The maximum atomic E-state index is 13.7. The van der Waals surface area contributed by atoms with Crippen LogP contribution in [0.25, 0.3) is 10.8 Å². The first-order chi connectivity index (χ1) is 8.77. The lowest BCUT2D eigenvalue weighted by Crippen LogP contribution is -2.01. The van der Waals surface area contributed by atoms with E-state index >= 15 is 0 Å². The van der Waals surface area contributed by atoms with Crippen molar-refractivity contribution in [1.82, 2.24) is 0 Å². The lowest BCUT2D eigenvalue weighted by Gasteiger charge is -2.05. The normalized spacial score (nSPS) is 10.7. The third-order valence-electron chi connectivity index (χ3n) is 2.90. The number of hydrogen-bond donors (Lipinski definition) is 0. The van der Waals surface area contributed by atoms with Crippen LogP contribution in [0.3, 0.4) is 0 Å². The minimum atomic E-state index is -0.299. The van der Waals surface area contributed by atoms with Gasteiger partial charge in [0.1, 0.15) is 5.82 Å². The van der Waals surface area contributed by atoms with E-state index in [0.29, 0.717) is 21.9 Å². The Bertz CT molecular complexity index is 716. The molecule has 1 heterocycles. The Balaban J connectivity index is 2.25. The number of halogens is 1. The smallest absolute Gasteiger partial charge is 0.194 e. The first kappa shape index (κ1) is 11.1. The second kappa shape index (κ2) is 4.35. The number of rotatable bonds is 2. The lowest BCUT2D eigenvalue weighted by molar-refractivity contribution is 0.104. The molecule has 0 unspecified atom stereocenters. The Kier molecular flexibility index (Phi) is 2.68. The molecule has 1 nitrogen and oxygen atoms in total. The summed E-state index contributed by atoms with van der Waals surface area (Å²) in [5, 5.41) is 4.81. The SMILES string of the molecule is O=C(c1ccsc1)c1ccc(F)c2ccccc12. The van der Waals surface area contributed by atoms with E-state index in [1.165, 1.54) is 17.4 Å². The highest BCUT2D eigenvalue weighted by Crippen LogP contribution is 2.24. The van der Waals surface area contributed by atoms with E-state index in [1.54, 1.807) is 35.7 Å². The summed E-state index contributed by atoms with van der Waals surface area (Å²) in [4.78, 5) is 12.3. The average molecular weight is 256 g/mol. The predicted octanol–water partition coefficient (Wildman–Crippen LogP) is 4.27. The summed E-state index contributed by atoms with van der Waals surface area (Å²) < 4.78 is 13.7. The molecule has 0 aliphatic rings. The molecule has 0 atom stereocenters. The van der Waals surface area contributed by atoms with Crippen LogP contribution in [-0.4, -0.2) is 5.78 Å². The molecule has 0 fully saturated rings. The van der Waals surface area contributed by atoms with Crippen molar-refractivity contribution in [3.05, 3.63) is 70.2 Å². The topological polar surface area (TPSA) is 17.1 Å². The zero-order valence-corrected chi connectivity index (χ0v) is 10.2. The van der Waals surface area contributed by atoms with Gasteiger partial charge < -0.3 is 0 Å². The first-order valence-corrected chi connectivity index (χ1v) is 6.46. The summed E-state index contributed by atoms with van der Waals surface area (Å²) in [5.41, 5.74) is 1.20. The van der Waals surface area contributed by atoms with Crippen molar-refractivity contribution in [3.8, 4) is 0 Å². The van der Waals surface area contributed by atoms with Crippen molar-refractivity contribution >= 4 is 27.9 Å². The van der Waals surface area contributed by atoms with E-state index < -0.39 is 0 Å². The largest absolute Gasteiger partial charge is 0.289 e. The molecule has 1 aromatic heterocycles. The van der Waals surface area contributed by atoms with Crippen molar-refractivity contribution in [2.45, 2.75) is 0 Å². The highest BCUT2D eigenvalue weighted by atomic mass is 32.1. The highest BCUT2D eigenvalue weighted by Gasteiger charge is 2.14. The van der Waals surface area contributed by atoms with Gasteiger partial charge in [-0.15, -0.1) is 0 Å². The van der Waals surface area contributed by atoms with Crippen LogP contribution in [0, 0.1) is 5.82 Å². The van der Waals surface area contributed by atoms with E-state index in [-0.39, 0.29) is 11.6 Å². The van der Waals surface area contributed by atoms with Gasteiger partial charge in [-0.2, -0.15) is 11.3 Å². The second-order valence-electron chi connectivity index (χ2n) is 3.98. The quantitative estimate of drug-likeness (QED) is 0.626. The summed E-state index contributed by atoms with van der Waals surface area (Å²) >= 11 is 1.48. The molecule has 0 N–H and O–H groups in total. The van der Waals surface area contributed by atoms with Crippen LogP contribution in [0.5, 0.6) is 0 Å². The summed E-state index contributed by atoms with van der Waals surface area (Å²) in [5.74, 6) is -0.361.